The number of esters is 6. The predicted octanol–water partition coefficient (Wildman–Crippen LogP) is -0.793. The highest BCUT2D eigenvalue weighted by molar-refractivity contribution is 5.92. The lowest BCUT2D eigenvalue weighted by Crippen LogP contribution is -2.45. The topological polar surface area (TPSA) is 269 Å². The summed E-state index contributed by atoms with van der Waals surface area (Å²) in [4.78, 5) is 99.8. The molecule has 2 amide bonds. The minimum atomic E-state index is -1.23. The molecule has 54 heavy (non-hydrogen) atoms. The first-order chi connectivity index (χ1) is 25.5. The molecule has 4 aliphatic heterocycles. The van der Waals surface area contributed by atoms with Crippen LogP contribution in [-0.2, 0) is 76.3 Å². The first-order valence-electron chi connectivity index (χ1n) is 16.7. The van der Waals surface area contributed by atoms with Gasteiger partial charge in [-0.05, 0) is 12.8 Å². The fourth-order valence-corrected chi connectivity index (χ4v) is 5.96. The summed E-state index contributed by atoms with van der Waals surface area (Å²) in [6, 6.07) is 0. The summed E-state index contributed by atoms with van der Waals surface area (Å²) in [7, 11) is 0. The van der Waals surface area contributed by atoms with Crippen LogP contribution in [0.4, 0.5) is 0 Å². The Hall–Kier alpha value is -5.76. The van der Waals surface area contributed by atoms with Crippen LogP contribution in [0.25, 0.3) is 0 Å². The number of carbonyl (C=O) groups is 8. The molecule has 0 unspecified atom stereocenters. The van der Waals surface area contributed by atoms with Crippen molar-refractivity contribution in [3.63, 3.8) is 0 Å². The zero-order chi connectivity index (χ0) is 39.7. The average molecular weight is 763 g/mol. The molecule has 0 radical (unpaired) electrons. The number of hydrogen-bond donors (Lipinski definition) is 2. The predicted molar refractivity (Wildman–Crippen MR) is 176 cm³/mol. The van der Waals surface area contributed by atoms with Gasteiger partial charge in [-0.2, -0.15) is 0 Å². The standard InChI is InChI=1S/C34H42N4O16/c1-17(39)49-27-23(53-33(29(27)51-19(3)41)37-11-5-7-21(13-37)31(35)45)15-47-25(43)9-10-26(44)48-16-24-28(50-18(2)40)30(52-20(4)42)34(54-24)38-12-6-8-22(14-38)32(36)46/h5-6,11-14,23-24,27-30,33-34H,7-10,15-16H2,1-4H3,(H2,35,45)(H2,36,46)/t23-,24-,27-,28-,29-,30-,33-,34-/m1/s1. The van der Waals surface area contributed by atoms with Crippen LogP contribution < -0.4 is 11.5 Å². The molecule has 20 nitrogen and oxygen atoms in total. The average Bonchev–Trinajstić information content (AvgIpc) is 3.60. The van der Waals surface area contributed by atoms with Crippen molar-refractivity contribution in [3.8, 4) is 0 Å². The van der Waals surface area contributed by atoms with Crippen molar-refractivity contribution in [2.24, 2.45) is 11.5 Å². The van der Waals surface area contributed by atoms with Crippen molar-refractivity contribution in [1.29, 1.82) is 0 Å². The molecule has 4 heterocycles. The van der Waals surface area contributed by atoms with Gasteiger partial charge in [0.05, 0.1) is 12.8 Å². The lowest BCUT2D eigenvalue weighted by molar-refractivity contribution is -0.167. The zero-order valence-electron chi connectivity index (χ0n) is 29.9. The second kappa shape index (κ2) is 18.3. The summed E-state index contributed by atoms with van der Waals surface area (Å²) in [6.45, 7) is 3.56. The number of ether oxygens (including phenoxy) is 8. The fraction of sp³-hybridized carbons (Fsp3) is 0.529. The Morgan fingerprint density at radius 3 is 1.24 bits per heavy atom. The second-order valence-electron chi connectivity index (χ2n) is 12.4. The minimum Gasteiger partial charge on any atom is -0.463 e. The van der Waals surface area contributed by atoms with Crippen LogP contribution in [0.3, 0.4) is 0 Å². The first-order valence-corrected chi connectivity index (χ1v) is 16.7. The molecule has 0 spiro atoms. The van der Waals surface area contributed by atoms with Gasteiger partial charge in [0.1, 0.15) is 25.4 Å². The second-order valence-corrected chi connectivity index (χ2v) is 12.4. The van der Waals surface area contributed by atoms with Crippen molar-refractivity contribution >= 4 is 47.6 Å². The van der Waals surface area contributed by atoms with Crippen LogP contribution in [0.5, 0.6) is 0 Å². The molecule has 2 fully saturated rings. The summed E-state index contributed by atoms with van der Waals surface area (Å²) in [5.74, 6) is -6.03. The van der Waals surface area contributed by atoms with Crippen molar-refractivity contribution in [1.82, 2.24) is 9.80 Å². The number of carbonyl (C=O) groups excluding carboxylic acids is 8. The molecule has 0 aromatic rings. The van der Waals surface area contributed by atoms with Crippen LogP contribution in [0.2, 0.25) is 0 Å². The van der Waals surface area contributed by atoms with Crippen molar-refractivity contribution in [2.75, 3.05) is 13.2 Å². The van der Waals surface area contributed by atoms with E-state index in [-0.39, 0.29) is 24.0 Å². The van der Waals surface area contributed by atoms with E-state index in [4.69, 9.17) is 49.4 Å². The Kier molecular flexibility index (Phi) is 13.9. The van der Waals surface area contributed by atoms with E-state index < -0.39 is 123 Å². The molecule has 4 aliphatic rings. The summed E-state index contributed by atoms with van der Waals surface area (Å²) in [5.41, 5.74) is 11.3. The SMILES string of the molecule is CC(=O)O[C@@H]1[C@H](OC(C)=O)[C@@H](COC(=O)CCC(=O)OC[C@H]2O[C@@H](N3C=CCC(C(N)=O)=C3)[C@H](OC(C)=O)[C@@H]2OC(C)=O)O[C@H]1N1C=CCC(C(N)=O)=C1. The fourth-order valence-electron chi connectivity index (χ4n) is 5.96. The number of primary amides is 2. The Balaban J connectivity index is 1.37. The highest BCUT2D eigenvalue weighted by atomic mass is 16.7. The highest BCUT2D eigenvalue weighted by Gasteiger charge is 2.53. The number of nitrogens with two attached hydrogens (primary N) is 2. The maximum absolute atomic E-state index is 12.7. The number of nitrogens with zero attached hydrogens (tertiary/aromatic N) is 2. The van der Waals surface area contributed by atoms with E-state index in [0.29, 0.717) is 0 Å². The van der Waals surface area contributed by atoms with E-state index in [9.17, 15) is 38.4 Å². The third kappa shape index (κ3) is 10.9. The molecule has 2 saturated heterocycles. The van der Waals surface area contributed by atoms with E-state index in [2.05, 4.69) is 0 Å². The molecule has 0 aromatic heterocycles. The van der Waals surface area contributed by atoms with Crippen molar-refractivity contribution in [3.05, 3.63) is 48.1 Å². The lowest BCUT2D eigenvalue weighted by atomic mass is 10.1. The van der Waals surface area contributed by atoms with Gasteiger partial charge >= 0.3 is 35.8 Å². The van der Waals surface area contributed by atoms with E-state index in [1.807, 2.05) is 0 Å². The molecule has 20 heteroatoms. The molecule has 0 aromatic carbocycles. The molecule has 0 bridgehead atoms. The van der Waals surface area contributed by atoms with E-state index in [1.54, 1.807) is 24.6 Å². The highest BCUT2D eigenvalue weighted by Crippen LogP contribution is 2.33. The van der Waals surface area contributed by atoms with Crippen LogP contribution in [0.1, 0.15) is 53.4 Å². The largest absolute Gasteiger partial charge is 0.463 e. The molecule has 0 saturated carbocycles. The van der Waals surface area contributed by atoms with Gasteiger partial charge < -0.3 is 59.2 Å². The Morgan fingerprint density at radius 2 is 0.926 bits per heavy atom. The Labute approximate surface area is 308 Å². The Morgan fingerprint density at radius 1 is 0.593 bits per heavy atom. The first kappa shape index (κ1) is 41.0. The van der Waals surface area contributed by atoms with E-state index >= 15 is 0 Å². The maximum Gasteiger partial charge on any atom is 0.306 e. The summed E-state index contributed by atoms with van der Waals surface area (Å²) in [5, 5.41) is 0. The van der Waals surface area contributed by atoms with Gasteiger partial charge in [-0.25, -0.2) is 0 Å². The summed E-state index contributed by atoms with van der Waals surface area (Å²) in [6.07, 6.45) is -0.646. The third-order valence-electron chi connectivity index (χ3n) is 8.19. The molecular formula is C34H42N4O16. The molecule has 4 N–H and O–H groups in total. The quantitative estimate of drug-likeness (QED) is 0.153. The molecule has 0 aliphatic carbocycles. The third-order valence-corrected chi connectivity index (χ3v) is 8.19. The van der Waals surface area contributed by atoms with E-state index in [0.717, 1.165) is 27.7 Å². The lowest BCUT2D eigenvalue weighted by Gasteiger charge is -2.30. The van der Waals surface area contributed by atoms with Gasteiger partial charge in [0.2, 0.25) is 11.8 Å². The minimum absolute atomic E-state index is 0.231. The number of amides is 2. The summed E-state index contributed by atoms with van der Waals surface area (Å²) >= 11 is 0. The monoisotopic (exact) mass is 762 g/mol. The van der Waals surface area contributed by atoms with E-state index in [1.165, 1.54) is 22.2 Å². The number of allylic oxidation sites excluding steroid dienone is 2. The Bertz CT molecular complexity index is 1520. The maximum atomic E-state index is 12.7. The molecule has 8 atom stereocenters. The smallest absolute Gasteiger partial charge is 0.306 e. The van der Waals surface area contributed by atoms with Gasteiger partial charge in [0.25, 0.3) is 0 Å². The number of rotatable bonds is 15. The van der Waals surface area contributed by atoms with Gasteiger partial charge in [-0.3, -0.25) is 38.4 Å². The van der Waals surface area contributed by atoms with Crippen molar-refractivity contribution < 1.29 is 76.3 Å². The normalized spacial score (nSPS) is 27.3. The van der Waals surface area contributed by atoms with Crippen LogP contribution >= 0.6 is 0 Å². The van der Waals surface area contributed by atoms with Crippen molar-refractivity contribution in [2.45, 2.75) is 102 Å². The molecule has 294 valence electrons. The van der Waals surface area contributed by atoms with Gasteiger partial charge in [-0.1, -0.05) is 12.2 Å². The van der Waals surface area contributed by atoms with Gasteiger partial charge in [0.15, 0.2) is 36.9 Å². The van der Waals surface area contributed by atoms with Gasteiger partial charge in [-0.15, -0.1) is 0 Å². The molecule has 4 rings (SSSR count). The zero-order valence-corrected chi connectivity index (χ0v) is 29.9. The number of hydrogen-bond acceptors (Lipinski definition) is 18. The van der Waals surface area contributed by atoms with Gasteiger partial charge in [0, 0.05) is 63.6 Å². The van der Waals surface area contributed by atoms with Crippen LogP contribution in [0.15, 0.2) is 48.1 Å². The van der Waals surface area contributed by atoms with Crippen LogP contribution in [-0.4, -0.2) is 120 Å². The summed E-state index contributed by atoms with van der Waals surface area (Å²) < 4.78 is 44.3. The van der Waals surface area contributed by atoms with Crippen LogP contribution in [0, 0.1) is 0 Å². The molecular weight excluding hydrogens is 720 g/mol.